The van der Waals surface area contributed by atoms with E-state index in [4.69, 9.17) is 0 Å². The van der Waals surface area contributed by atoms with E-state index in [0.717, 1.165) is 25.2 Å². The van der Waals surface area contributed by atoms with Crippen LogP contribution in [0.3, 0.4) is 0 Å². The smallest absolute Gasteiger partial charge is 0.255 e. The van der Waals surface area contributed by atoms with Gasteiger partial charge in [0.25, 0.3) is 5.91 Å². The van der Waals surface area contributed by atoms with Crippen LogP contribution in [0.1, 0.15) is 53.6 Å². The highest BCUT2D eigenvalue weighted by atomic mass is 16.2. The Balaban J connectivity index is 1.39. The van der Waals surface area contributed by atoms with Crippen LogP contribution in [0.2, 0.25) is 0 Å². The number of carbonyl (C=O) groups excluding carboxylic acids is 3. The SMILES string of the molecule is O=C1CCC(N2Cc3c(CN4C5CCNCC4CC5)cccc3C2=O)C(=O)N1. The van der Waals surface area contributed by atoms with Gasteiger partial charge in [-0.25, -0.2) is 0 Å². The number of nitrogens with one attached hydrogen (secondary N) is 2. The van der Waals surface area contributed by atoms with Crippen molar-refractivity contribution in [2.45, 2.75) is 63.3 Å². The van der Waals surface area contributed by atoms with Crippen molar-refractivity contribution in [2.75, 3.05) is 13.1 Å². The first-order chi connectivity index (χ1) is 13.6. The first kappa shape index (κ1) is 17.8. The fourth-order valence-electron chi connectivity index (χ4n) is 5.33. The van der Waals surface area contributed by atoms with E-state index in [1.54, 1.807) is 4.90 Å². The van der Waals surface area contributed by atoms with Crippen molar-refractivity contribution in [1.82, 2.24) is 20.4 Å². The van der Waals surface area contributed by atoms with Crippen LogP contribution in [0.4, 0.5) is 0 Å². The molecule has 3 unspecified atom stereocenters. The third kappa shape index (κ3) is 2.93. The molecule has 4 aliphatic heterocycles. The molecule has 3 atom stereocenters. The lowest BCUT2D eigenvalue weighted by Crippen LogP contribution is -2.52. The summed E-state index contributed by atoms with van der Waals surface area (Å²) in [5.74, 6) is -0.696. The summed E-state index contributed by atoms with van der Waals surface area (Å²) in [6.07, 6.45) is 4.35. The van der Waals surface area contributed by atoms with Gasteiger partial charge in [0.2, 0.25) is 11.8 Å². The Kier molecular flexibility index (Phi) is 4.44. The second-order valence-corrected chi connectivity index (χ2v) is 8.39. The van der Waals surface area contributed by atoms with Gasteiger partial charge in [0.15, 0.2) is 0 Å². The van der Waals surface area contributed by atoms with Crippen LogP contribution < -0.4 is 10.6 Å². The average molecular weight is 382 g/mol. The lowest BCUT2D eigenvalue weighted by molar-refractivity contribution is -0.136. The van der Waals surface area contributed by atoms with Crippen LogP contribution in [0.15, 0.2) is 18.2 Å². The van der Waals surface area contributed by atoms with Gasteiger partial charge in [0.05, 0.1) is 0 Å². The molecular formula is C21H26N4O3. The quantitative estimate of drug-likeness (QED) is 0.755. The van der Waals surface area contributed by atoms with Gasteiger partial charge in [0.1, 0.15) is 6.04 Å². The molecule has 2 bridgehead atoms. The Morgan fingerprint density at radius 1 is 1.04 bits per heavy atom. The number of rotatable bonds is 3. The fraction of sp³-hybridized carbons (Fsp3) is 0.571. The van der Waals surface area contributed by atoms with Gasteiger partial charge in [-0.3, -0.25) is 24.6 Å². The monoisotopic (exact) mass is 382 g/mol. The molecule has 3 amide bonds. The zero-order valence-electron chi connectivity index (χ0n) is 15.9. The maximum absolute atomic E-state index is 13.0. The van der Waals surface area contributed by atoms with E-state index in [1.807, 2.05) is 12.1 Å². The lowest BCUT2D eigenvalue weighted by Gasteiger charge is -2.30. The summed E-state index contributed by atoms with van der Waals surface area (Å²) in [5.41, 5.74) is 2.95. The summed E-state index contributed by atoms with van der Waals surface area (Å²) in [6.45, 7) is 3.42. The molecule has 0 aliphatic carbocycles. The molecule has 4 aliphatic rings. The number of hydrogen-bond donors (Lipinski definition) is 2. The van der Waals surface area contributed by atoms with Gasteiger partial charge >= 0.3 is 0 Å². The Morgan fingerprint density at radius 2 is 1.89 bits per heavy atom. The third-order valence-electron chi connectivity index (χ3n) is 6.84. The highest BCUT2D eigenvalue weighted by Crippen LogP contribution is 2.34. The fourth-order valence-corrected chi connectivity index (χ4v) is 5.33. The van der Waals surface area contributed by atoms with E-state index in [0.29, 0.717) is 30.6 Å². The Labute approximate surface area is 164 Å². The molecule has 148 valence electrons. The molecule has 7 nitrogen and oxygen atoms in total. The van der Waals surface area contributed by atoms with Crippen LogP contribution in [-0.4, -0.2) is 58.7 Å². The number of hydrogen-bond acceptors (Lipinski definition) is 5. The predicted octanol–water partition coefficient (Wildman–Crippen LogP) is 0.774. The zero-order chi connectivity index (χ0) is 19.3. The third-order valence-corrected chi connectivity index (χ3v) is 6.84. The summed E-state index contributed by atoms with van der Waals surface area (Å²) in [6, 6.07) is 6.57. The van der Waals surface area contributed by atoms with Crippen molar-refractivity contribution in [3.8, 4) is 0 Å². The number of piperidine rings is 1. The molecule has 5 rings (SSSR count). The normalized spacial score (nSPS) is 30.4. The molecule has 28 heavy (non-hydrogen) atoms. The van der Waals surface area contributed by atoms with Crippen LogP contribution in [0.5, 0.6) is 0 Å². The van der Waals surface area contributed by atoms with Crippen molar-refractivity contribution < 1.29 is 14.4 Å². The number of fused-ring (bicyclic) bond motifs is 3. The minimum atomic E-state index is -0.552. The Bertz CT molecular complexity index is 825. The van der Waals surface area contributed by atoms with Crippen molar-refractivity contribution in [3.05, 3.63) is 34.9 Å². The van der Waals surface area contributed by atoms with Gasteiger partial charge in [-0.2, -0.15) is 0 Å². The first-order valence-electron chi connectivity index (χ1n) is 10.3. The highest BCUT2D eigenvalue weighted by Gasteiger charge is 2.41. The minimum absolute atomic E-state index is 0.0909. The summed E-state index contributed by atoms with van der Waals surface area (Å²) >= 11 is 0. The van der Waals surface area contributed by atoms with Gasteiger partial charge in [-0.15, -0.1) is 0 Å². The maximum atomic E-state index is 13.0. The number of amides is 3. The zero-order valence-corrected chi connectivity index (χ0v) is 15.9. The largest absolute Gasteiger partial charge is 0.322 e. The highest BCUT2D eigenvalue weighted by molar-refractivity contribution is 6.05. The number of imide groups is 1. The molecule has 4 heterocycles. The summed E-state index contributed by atoms with van der Waals surface area (Å²) in [4.78, 5) is 41.0. The molecule has 0 spiro atoms. The number of carbonyl (C=O) groups is 3. The van der Waals surface area contributed by atoms with Crippen LogP contribution in [0, 0.1) is 0 Å². The van der Waals surface area contributed by atoms with Gasteiger partial charge in [0, 0.05) is 43.7 Å². The van der Waals surface area contributed by atoms with E-state index < -0.39 is 6.04 Å². The standard InChI is InChI=1S/C21H26N4O3/c26-19-7-6-18(20(27)23-19)25-12-17-13(2-1-3-16(17)21(25)28)11-24-14-4-5-15(24)10-22-9-8-14/h1-3,14-15,18,22H,4-12H2,(H,23,26,27). The Hall–Kier alpha value is -2.25. The molecule has 1 aromatic carbocycles. The topological polar surface area (TPSA) is 81.8 Å². The second-order valence-electron chi connectivity index (χ2n) is 8.39. The summed E-state index contributed by atoms with van der Waals surface area (Å²) in [5, 5.41) is 5.91. The Morgan fingerprint density at radius 3 is 2.75 bits per heavy atom. The van der Waals surface area contributed by atoms with Gasteiger partial charge < -0.3 is 10.2 Å². The van der Waals surface area contributed by atoms with Crippen molar-refractivity contribution >= 4 is 17.7 Å². The maximum Gasteiger partial charge on any atom is 0.255 e. The molecule has 0 radical (unpaired) electrons. The van der Waals surface area contributed by atoms with Gasteiger partial charge in [-0.05, 0) is 49.4 Å². The van der Waals surface area contributed by atoms with E-state index in [9.17, 15) is 14.4 Å². The van der Waals surface area contributed by atoms with Crippen molar-refractivity contribution in [1.29, 1.82) is 0 Å². The molecule has 7 heteroatoms. The number of benzene rings is 1. The molecule has 2 N–H and O–H groups in total. The van der Waals surface area contributed by atoms with Crippen molar-refractivity contribution in [3.63, 3.8) is 0 Å². The van der Waals surface area contributed by atoms with E-state index in [2.05, 4.69) is 21.6 Å². The van der Waals surface area contributed by atoms with Crippen LogP contribution in [0.25, 0.3) is 0 Å². The molecular weight excluding hydrogens is 356 g/mol. The molecule has 3 fully saturated rings. The number of nitrogens with zero attached hydrogens (tertiary/aromatic N) is 2. The molecule has 0 saturated carbocycles. The van der Waals surface area contributed by atoms with Crippen LogP contribution in [-0.2, 0) is 22.7 Å². The molecule has 0 aromatic heterocycles. The molecule has 1 aromatic rings. The van der Waals surface area contributed by atoms with Crippen molar-refractivity contribution in [2.24, 2.45) is 0 Å². The second kappa shape index (κ2) is 6.97. The lowest BCUT2D eigenvalue weighted by atomic mass is 10.0. The van der Waals surface area contributed by atoms with E-state index in [-0.39, 0.29) is 24.1 Å². The predicted molar refractivity (Wildman–Crippen MR) is 102 cm³/mol. The van der Waals surface area contributed by atoms with E-state index >= 15 is 0 Å². The summed E-state index contributed by atoms with van der Waals surface area (Å²) in [7, 11) is 0. The van der Waals surface area contributed by atoms with E-state index in [1.165, 1.54) is 24.8 Å². The molecule has 3 saturated heterocycles. The summed E-state index contributed by atoms with van der Waals surface area (Å²) < 4.78 is 0. The minimum Gasteiger partial charge on any atom is -0.322 e. The first-order valence-corrected chi connectivity index (χ1v) is 10.3. The average Bonchev–Trinajstić information content (AvgIpc) is 3.12. The van der Waals surface area contributed by atoms with Gasteiger partial charge in [-0.1, -0.05) is 12.1 Å². The van der Waals surface area contributed by atoms with Crippen LogP contribution >= 0.6 is 0 Å².